The summed E-state index contributed by atoms with van der Waals surface area (Å²) in [4.78, 5) is 12.1. The van der Waals surface area contributed by atoms with Gasteiger partial charge in [0.1, 0.15) is 12.4 Å². The molecule has 2 N–H and O–H groups in total. The molecular formula is C17H12Cl2N4O2S2. The number of thiocarbonyl (C=S) groups is 1. The van der Waals surface area contributed by atoms with Crippen LogP contribution in [-0.2, 0) is 6.61 Å². The van der Waals surface area contributed by atoms with E-state index in [0.29, 0.717) is 31.5 Å². The third-order valence-corrected chi connectivity index (χ3v) is 4.74. The number of hydrogen-bond acceptors (Lipinski definition) is 6. The number of carbonyl (C=O) groups excluding carboxylic acids is 1. The first-order valence-corrected chi connectivity index (χ1v) is 9.57. The van der Waals surface area contributed by atoms with E-state index in [1.165, 1.54) is 11.3 Å². The number of carbonyl (C=O) groups is 1. The van der Waals surface area contributed by atoms with Gasteiger partial charge in [-0.3, -0.25) is 10.1 Å². The van der Waals surface area contributed by atoms with Crippen LogP contribution in [0, 0.1) is 0 Å². The van der Waals surface area contributed by atoms with Crippen molar-refractivity contribution in [2.45, 2.75) is 6.61 Å². The van der Waals surface area contributed by atoms with Crippen molar-refractivity contribution in [3.63, 3.8) is 0 Å². The van der Waals surface area contributed by atoms with E-state index in [1.807, 2.05) is 6.07 Å². The molecule has 0 saturated heterocycles. The van der Waals surface area contributed by atoms with Gasteiger partial charge in [0.15, 0.2) is 10.1 Å². The van der Waals surface area contributed by atoms with E-state index in [1.54, 1.807) is 42.5 Å². The van der Waals surface area contributed by atoms with E-state index in [2.05, 4.69) is 20.8 Å². The Kier molecular flexibility index (Phi) is 6.57. The van der Waals surface area contributed by atoms with Crippen molar-refractivity contribution in [1.82, 2.24) is 15.5 Å². The van der Waals surface area contributed by atoms with E-state index in [-0.39, 0.29) is 17.6 Å². The van der Waals surface area contributed by atoms with Crippen LogP contribution < -0.4 is 15.4 Å². The van der Waals surface area contributed by atoms with Crippen molar-refractivity contribution in [3.8, 4) is 5.75 Å². The topological polar surface area (TPSA) is 76.1 Å². The second-order valence-electron chi connectivity index (χ2n) is 5.14. The molecular weight excluding hydrogens is 427 g/mol. The fourth-order valence-corrected chi connectivity index (χ4v) is 3.36. The van der Waals surface area contributed by atoms with Gasteiger partial charge >= 0.3 is 0 Å². The molecule has 0 atom stereocenters. The summed E-state index contributed by atoms with van der Waals surface area (Å²) in [5, 5.41) is 15.5. The molecule has 3 rings (SSSR count). The number of nitrogens with zero attached hydrogens (tertiary/aromatic N) is 2. The minimum absolute atomic E-state index is 0.133. The molecule has 0 bridgehead atoms. The number of amides is 1. The first kappa shape index (κ1) is 19.5. The van der Waals surface area contributed by atoms with E-state index in [9.17, 15) is 4.79 Å². The predicted octanol–water partition coefficient (Wildman–Crippen LogP) is 4.55. The van der Waals surface area contributed by atoms with Gasteiger partial charge in [-0.25, -0.2) is 0 Å². The van der Waals surface area contributed by atoms with Crippen LogP contribution in [0.1, 0.15) is 15.4 Å². The maximum Gasteiger partial charge on any atom is 0.257 e. The fraction of sp³-hybridized carbons (Fsp3) is 0.0588. The fourth-order valence-electron chi connectivity index (χ4n) is 1.99. The average molecular weight is 439 g/mol. The van der Waals surface area contributed by atoms with Crippen molar-refractivity contribution >= 4 is 62.9 Å². The molecule has 3 aromatic rings. The first-order chi connectivity index (χ1) is 13.0. The third-order valence-electron chi connectivity index (χ3n) is 3.20. The molecule has 0 aliphatic heterocycles. The quantitative estimate of drug-likeness (QED) is 0.568. The van der Waals surface area contributed by atoms with Crippen LogP contribution in [0.3, 0.4) is 0 Å². The molecule has 1 amide bonds. The second kappa shape index (κ2) is 9.09. The van der Waals surface area contributed by atoms with E-state index in [4.69, 9.17) is 40.2 Å². The number of nitrogens with one attached hydrogen (secondary N) is 2. The minimum atomic E-state index is -0.307. The molecule has 0 aliphatic rings. The molecule has 0 unspecified atom stereocenters. The van der Waals surface area contributed by atoms with Crippen LogP contribution in [0.4, 0.5) is 5.13 Å². The average Bonchev–Trinajstić information content (AvgIpc) is 3.09. The Morgan fingerprint density at radius 3 is 2.67 bits per heavy atom. The third kappa shape index (κ3) is 5.61. The van der Waals surface area contributed by atoms with E-state index in [0.717, 1.165) is 0 Å². The van der Waals surface area contributed by atoms with Gasteiger partial charge in [-0.15, -0.1) is 10.2 Å². The van der Waals surface area contributed by atoms with Crippen LogP contribution in [0.15, 0.2) is 48.5 Å². The Hall–Kier alpha value is -2.26. The zero-order chi connectivity index (χ0) is 19.2. The van der Waals surface area contributed by atoms with Gasteiger partial charge in [-0.2, -0.15) is 0 Å². The molecule has 0 aliphatic carbocycles. The molecule has 1 heterocycles. The van der Waals surface area contributed by atoms with Crippen LogP contribution in [0.2, 0.25) is 10.0 Å². The normalized spacial score (nSPS) is 10.3. The molecule has 27 heavy (non-hydrogen) atoms. The highest BCUT2D eigenvalue weighted by atomic mass is 35.5. The largest absolute Gasteiger partial charge is 0.485 e. The zero-order valence-corrected chi connectivity index (χ0v) is 16.8. The second-order valence-corrected chi connectivity index (χ2v) is 7.45. The Balaban J connectivity index is 1.53. The molecule has 6 nitrogen and oxygen atoms in total. The highest BCUT2D eigenvalue weighted by Crippen LogP contribution is 2.28. The maximum absolute atomic E-state index is 12.1. The standard InChI is InChI=1S/C17H12Cl2N4O2S2/c18-11-6-7-13(12(19)8-11)25-9-14-22-23-17(27-14)21-16(26)20-15(24)10-4-2-1-3-5-10/h1-8H,9H2,(H2,20,21,23,24,26). The smallest absolute Gasteiger partial charge is 0.257 e. The van der Waals surface area contributed by atoms with Gasteiger partial charge in [0, 0.05) is 10.6 Å². The molecule has 138 valence electrons. The lowest BCUT2D eigenvalue weighted by Crippen LogP contribution is -2.34. The van der Waals surface area contributed by atoms with Gasteiger partial charge in [0.25, 0.3) is 5.91 Å². The van der Waals surface area contributed by atoms with E-state index >= 15 is 0 Å². The number of ether oxygens (including phenoxy) is 1. The van der Waals surface area contributed by atoms with Crippen LogP contribution in [-0.4, -0.2) is 21.2 Å². The summed E-state index contributed by atoms with van der Waals surface area (Å²) in [6, 6.07) is 13.7. The molecule has 0 radical (unpaired) electrons. The van der Waals surface area contributed by atoms with Crippen LogP contribution in [0.25, 0.3) is 0 Å². The summed E-state index contributed by atoms with van der Waals surface area (Å²) in [5.41, 5.74) is 0.507. The number of hydrogen-bond donors (Lipinski definition) is 2. The van der Waals surface area contributed by atoms with Gasteiger partial charge < -0.3 is 10.1 Å². The molecule has 1 aromatic heterocycles. The summed E-state index contributed by atoms with van der Waals surface area (Å²) in [6.45, 7) is 0.184. The summed E-state index contributed by atoms with van der Waals surface area (Å²) < 4.78 is 5.61. The highest BCUT2D eigenvalue weighted by molar-refractivity contribution is 7.80. The lowest BCUT2D eigenvalue weighted by molar-refractivity contribution is 0.0977. The van der Waals surface area contributed by atoms with Gasteiger partial charge in [-0.1, -0.05) is 52.7 Å². The summed E-state index contributed by atoms with van der Waals surface area (Å²) in [7, 11) is 0. The summed E-state index contributed by atoms with van der Waals surface area (Å²) in [6.07, 6.45) is 0. The Bertz CT molecular complexity index is 967. The number of halogens is 2. The Morgan fingerprint density at radius 1 is 1.15 bits per heavy atom. The van der Waals surface area contributed by atoms with Gasteiger partial charge in [0.05, 0.1) is 5.02 Å². The molecule has 2 aromatic carbocycles. The molecule has 0 fully saturated rings. The van der Waals surface area contributed by atoms with Crippen LogP contribution in [0.5, 0.6) is 5.75 Å². The lowest BCUT2D eigenvalue weighted by atomic mass is 10.2. The zero-order valence-electron chi connectivity index (χ0n) is 13.6. The van der Waals surface area contributed by atoms with Crippen molar-refractivity contribution in [3.05, 3.63) is 69.1 Å². The van der Waals surface area contributed by atoms with Crippen molar-refractivity contribution in [2.75, 3.05) is 5.32 Å². The number of rotatable bonds is 5. The summed E-state index contributed by atoms with van der Waals surface area (Å²) in [5.74, 6) is 0.190. The lowest BCUT2D eigenvalue weighted by Gasteiger charge is -2.06. The SMILES string of the molecule is O=C(NC(=S)Nc1nnc(COc2ccc(Cl)cc2Cl)s1)c1ccccc1. The highest BCUT2D eigenvalue weighted by Gasteiger charge is 2.11. The number of aromatic nitrogens is 2. The van der Waals surface area contributed by atoms with E-state index < -0.39 is 0 Å². The van der Waals surface area contributed by atoms with Gasteiger partial charge in [0.2, 0.25) is 5.13 Å². The molecule has 0 saturated carbocycles. The van der Waals surface area contributed by atoms with Crippen molar-refractivity contribution in [1.29, 1.82) is 0 Å². The Morgan fingerprint density at radius 2 is 1.93 bits per heavy atom. The summed E-state index contributed by atoms with van der Waals surface area (Å²) >= 11 is 18.3. The Labute approximate surface area is 174 Å². The van der Waals surface area contributed by atoms with Crippen molar-refractivity contribution in [2.24, 2.45) is 0 Å². The first-order valence-electron chi connectivity index (χ1n) is 7.59. The minimum Gasteiger partial charge on any atom is -0.485 e. The van der Waals surface area contributed by atoms with Gasteiger partial charge in [-0.05, 0) is 42.5 Å². The predicted molar refractivity (Wildman–Crippen MR) is 111 cm³/mol. The van der Waals surface area contributed by atoms with Crippen molar-refractivity contribution < 1.29 is 9.53 Å². The van der Waals surface area contributed by atoms with Crippen LogP contribution >= 0.6 is 46.8 Å². The molecule has 0 spiro atoms. The monoisotopic (exact) mass is 438 g/mol. The molecule has 10 heteroatoms. The number of anilines is 1. The maximum atomic E-state index is 12.1. The number of benzene rings is 2.